The molecule has 19 heavy (non-hydrogen) atoms. The topological polar surface area (TPSA) is 75.6 Å². The van der Waals surface area contributed by atoms with Crippen LogP contribution in [0.1, 0.15) is 24.8 Å². The Morgan fingerprint density at radius 3 is 2.68 bits per heavy atom. The summed E-state index contributed by atoms with van der Waals surface area (Å²) in [5.41, 5.74) is 1.04. The lowest BCUT2D eigenvalue weighted by Gasteiger charge is -2.08. The smallest absolute Gasteiger partial charge is 0.303 e. The molecule has 1 aromatic rings. The van der Waals surface area contributed by atoms with E-state index in [0.29, 0.717) is 19.4 Å². The molecule has 1 amide bonds. The number of ether oxygens (including phenoxy) is 1. The summed E-state index contributed by atoms with van der Waals surface area (Å²) in [5, 5.41) is 11.2. The van der Waals surface area contributed by atoms with Crippen molar-refractivity contribution in [1.82, 2.24) is 5.32 Å². The van der Waals surface area contributed by atoms with Gasteiger partial charge in [0.25, 0.3) is 0 Å². The van der Waals surface area contributed by atoms with E-state index in [9.17, 15) is 9.59 Å². The molecule has 0 atom stereocenters. The van der Waals surface area contributed by atoms with Crippen molar-refractivity contribution in [1.29, 1.82) is 0 Å². The average molecular weight is 265 g/mol. The fraction of sp³-hybridized carbons (Fsp3) is 0.429. The van der Waals surface area contributed by atoms with Crippen molar-refractivity contribution in [3.63, 3.8) is 0 Å². The Morgan fingerprint density at radius 2 is 2.00 bits per heavy atom. The maximum Gasteiger partial charge on any atom is 0.303 e. The number of methoxy groups -OCH3 is 1. The van der Waals surface area contributed by atoms with Gasteiger partial charge in [-0.15, -0.1) is 0 Å². The predicted octanol–water partition coefficient (Wildman–Crippen LogP) is 1.61. The minimum atomic E-state index is -0.873. The summed E-state index contributed by atoms with van der Waals surface area (Å²) in [6.45, 7) is 0.520. The molecule has 5 heteroatoms. The van der Waals surface area contributed by atoms with E-state index in [0.717, 1.165) is 11.3 Å². The first-order chi connectivity index (χ1) is 9.13. The van der Waals surface area contributed by atoms with Gasteiger partial charge in [-0.05, 0) is 24.5 Å². The highest BCUT2D eigenvalue weighted by atomic mass is 16.5. The van der Waals surface area contributed by atoms with Crippen LogP contribution in [0.15, 0.2) is 24.3 Å². The van der Waals surface area contributed by atoms with Crippen molar-refractivity contribution in [2.24, 2.45) is 0 Å². The molecule has 5 nitrogen and oxygen atoms in total. The summed E-state index contributed by atoms with van der Waals surface area (Å²) in [4.78, 5) is 21.7. The van der Waals surface area contributed by atoms with Crippen molar-refractivity contribution < 1.29 is 19.4 Å². The van der Waals surface area contributed by atoms with Crippen LogP contribution in [0.2, 0.25) is 0 Å². The fourth-order valence-corrected chi connectivity index (χ4v) is 1.73. The standard InChI is InChI=1S/C14H19NO4/c1-19-12-6-3-2-5-11(12)9-10-15-13(16)7-4-8-14(17)18/h2-3,5-6H,4,7-10H2,1H3,(H,15,16)(H,17,18). The average Bonchev–Trinajstić information content (AvgIpc) is 2.39. The van der Waals surface area contributed by atoms with E-state index in [1.807, 2.05) is 24.3 Å². The minimum absolute atomic E-state index is 0.0277. The van der Waals surface area contributed by atoms with E-state index in [1.54, 1.807) is 7.11 Å². The maximum absolute atomic E-state index is 11.4. The highest BCUT2D eigenvalue weighted by molar-refractivity contribution is 5.76. The summed E-state index contributed by atoms with van der Waals surface area (Å²) in [5.74, 6) is -0.180. The van der Waals surface area contributed by atoms with Gasteiger partial charge in [-0.2, -0.15) is 0 Å². The van der Waals surface area contributed by atoms with Gasteiger partial charge >= 0.3 is 5.97 Å². The summed E-state index contributed by atoms with van der Waals surface area (Å²) in [6.07, 6.45) is 1.34. The van der Waals surface area contributed by atoms with Crippen LogP contribution in [0, 0.1) is 0 Å². The second-order valence-electron chi connectivity index (χ2n) is 4.16. The molecule has 0 radical (unpaired) electrons. The molecular weight excluding hydrogens is 246 g/mol. The number of aliphatic carboxylic acids is 1. The first-order valence-electron chi connectivity index (χ1n) is 6.24. The lowest BCUT2D eigenvalue weighted by atomic mass is 10.1. The molecule has 0 spiro atoms. The summed E-state index contributed by atoms with van der Waals surface area (Å²) >= 11 is 0. The molecule has 104 valence electrons. The summed E-state index contributed by atoms with van der Waals surface area (Å²) in [7, 11) is 1.61. The Kier molecular flexibility index (Phi) is 6.43. The molecular formula is C14H19NO4. The van der Waals surface area contributed by atoms with Crippen LogP contribution < -0.4 is 10.1 Å². The monoisotopic (exact) mass is 265 g/mol. The number of benzene rings is 1. The lowest BCUT2D eigenvalue weighted by molar-refractivity contribution is -0.137. The van der Waals surface area contributed by atoms with Gasteiger partial charge in [0.2, 0.25) is 5.91 Å². The van der Waals surface area contributed by atoms with Crippen LogP contribution in [-0.2, 0) is 16.0 Å². The zero-order valence-electron chi connectivity index (χ0n) is 11.0. The second-order valence-corrected chi connectivity index (χ2v) is 4.16. The summed E-state index contributed by atoms with van der Waals surface area (Å²) in [6, 6.07) is 7.65. The highest BCUT2D eigenvalue weighted by Gasteiger charge is 2.05. The number of rotatable bonds is 8. The number of hydrogen-bond donors (Lipinski definition) is 2. The lowest BCUT2D eigenvalue weighted by Crippen LogP contribution is -2.25. The number of carboxylic acids is 1. The van der Waals surface area contributed by atoms with Crippen LogP contribution in [0.4, 0.5) is 0 Å². The molecule has 0 aliphatic carbocycles. The third-order valence-corrected chi connectivity index (χ3v) is 2.70. The largest absolute Gasteiger partial charge is 0.496 e. The van der Waals surface area contributed by atoms with Gasteiger partial charge in [0.1, 0.15) is 5.75 Å². The number of amides is 1. The van der Waals surface area contributed by atoms with Crippen molar-refractivity contribution in [3.05, 3.63) is 29.8 Å². The van der Waals surface area contributed by atoms with Gasteiger partial charge in [-0.3, -0.25) is 9.59 Å². The van der Waals surface area contributed by atoms with Crippen molar-refractivity contribution >= 4 is 11.9 Å². The zero-order chi connectivity index (χ0) is 14.1. The van der Waals surface area contributed by atoms with Crippen LogP contribution >= 0.6 is 0 Å². The van der Waals surface area contributed by atoms with Gasteiger partial charge in [0.15, 0.2) is 0 Å². The van der Waals surface area contributed by atoms with E-state index in [2.05, 4.69) is 5.32 Å². The van der Waals surface area contributed by atoms with Gasteiger partial charge in [-0.1, -0.05) is 18.2 Å². The van der Waals surface area contributed by atoms with Gasteiger partial charge < -0.3 is 15.2 Å². The van der Waals surface area contributed by atoms with Crippen molar-refractivity contribution in [3.8, 4) is 5.75 Å². The Labute approximate surface area is 112 Å². The van der Waals surface area contributed by atoms with Crippen LogP contribution in [0.25, 0.3) is 0 Å². The molecule has 0 heterocycles. The Morgan fingerprint density at radius 1 is 1.26 bits per heavy atom. The van der Waals surface area contributed by atoms with E-state index in [-0.39, 0.29) is 18.7 Å². The van der Waals surface area contributed by atoms with E-state index < -0.39 is 5.97 Å². The molecule has 0 fully saturated rings. The number of carbonyl (C=O) groups excluding carboxylic acids is 1. The number of nitrogens with one attached hydrogen (secondary N) is 1. The highest BCUT2D eigenvalue weighted by Crippen LogP contribution is 2.17. The Bertz CT molecular complexity index is 431. The van der Waals surface area contributed by atoms with E-state index in [1.165, 1.54) is 0 Å². The van der Waals surface area contributed by atoms with E-state index in [4.69, 9.17) is 9.84 Å². The van der Waals surface area contributed by atoms with Crippen molar-refractivity contribution in [2.45, 2.75) is 25.7 Å². The van der Waals surface area contributed by atoms with Gasteiger partial charge in [-0.25, -0.2) is 0 Å². The normalized spacial score (nSPS) is 9.95. The second kappa shape index (κ2) is 8.13. The zero-order valence-corrected chi connectivity index (χ0v) is 11.0. The number of para-hydroxylation sites is 1. The quantitative estimate of drug-likeness (QED) is 0.748. The molecule has 0 aliphatic rings. The first kappa shape index (κ1) is 15.0. The van der Waals surface area contributed by atoms with E-state index >= 15 is 0 Å². The van der Waals surface area contributed by atoms with Crippen LogP contribution in [0.5, 0.6) is 5.75 Å². The van der Waals surface area contributed by atoms with Gasteiger partial charge in [0.05, 0.1) is 7.11 Å². The molecule has 0 unspecified atom stereocenters. The number of hydrogen-bond acceptors (Lipinski definition) is 3. The number of carboxylic acid groups (broad SMARTS) is 1. The van der Waals surface area contributed by atoms with Gasteiger partial charge in [0, 0.05) is 19.4 Å². The first-order valence-corrected chi connectivity index (χ1v) is 6.24. The molecule has 0 aromatic heterocycles. The molecule has 1 aromatic carbocycles. The molecule has 1 rings (SSSR count). The van der Waals surface area contributed by atoms with Crippen LogP contribution in [0.3, 0.4) is 0 Å². The minimum Gasteiger partial charge on any atom is -0.496 e. The molecule has 0 saturated heterocycles. The summed E-state index contributed by atoms with van der Waals surface area (Å²) < 4.78 is 5.22. The fourth-order valence-electron chi connectivity index (χ4n) is 1.73. The number of carbonyl (C=O) groups is 2. The third kappa shape index (κ3) is 5.90. The molecule has 0 aliphatic heterocycles. The maximum atomic E-state index is 11.4. The Balaban J connectivity index is 2.26. The molecule has 2 N–H and O–H groups in total. The SMILES string of the molecule is COc1ccccc1CCNC(=O)CCCC(=O)O. The van der Waals surface area contributed by atoms with Crippen LogP contribution in [-0.4, -0.2) is 30.6 Å². The predicted molar refractivity (Wildman–Crippen MR) is 71.2 cm³/mol. The molecule has 0 saturated carbocycles. The molecule has 0 bridgehead atoms. The Hall–Kier alpha value is -2.04. The third-order valence-electron chi connectivity index (χ3n) is 2.70. The van der Waals surface area contributed by atoms with Crippen molar-refractivity contribution in [2.75, 3.05) is 13.7 Å².